The van der Waals surface area contributed by atoms with Crippen molar-refractivity contribution in [1.82, 2.24) is 9.97 Å². The number of halogens is 1. The minimum atomic E-state index is 0.233. The van der Waals surface area contributed by atoms with Gasteiger partial charge in [0.2, 0.25) is 5.28 Å². The van der Waals surface area contributed by atoms with Gasteiger partial charge >= 0.3 is 0 Å². The molecule has 4 nitrogen and oxygen atoms in total. The number of benzene rings is 1. The van der Waals surface area contributed by atoms with Crippen molar-refractivity contribution >= 4 is 23.1 Å². The average Bonchev–Trinajstić information content (AvgIpc) is 2.35. The Kier molecular flexibility index (Phi) is 4.12. The highest BCUT2D eigenvalue weighted by molar-refractivity contribution is 6.28. The van der Waals surface area contributed by atoms with Crippen molar-refractivity contribution in [2.75, 3.05) is 12.4 Å². The molecule has 0 fully saturated rings. The lowest BCUT2D eigenvalue weighted by molar-refractivity contribution is 0.185. The number of nitrogens with one attached hydrogen (secondary N) is 1. The maximum atomic E-state index is 5.78. The number of nitrogens with zero attached hydrogens (tertiary/aromatic N) is 2. The van der Waals surface area contributed by atoms with Gasteiger partial charge in [0.15, 0.2) is 0 Å². The SMILES string of the molecule is COCc1cccc(Nc2nc(Cl)ncc2C)c1. The van der Waals surface area contributed by atoms with Gasteiger partial charge in [-0.25, -0.2) is 9.97 Å². The summed E-state index contributed by atoms with van der Waals surface area (Å²) in [5.41, 5.74) is 2.99. The molecule has 2 rings (SSSR count). The Morgan fingerprint density at radius 3 is 3.00 bits per heavy atom. The summed E-state index contributed by atoms with van der Waals surface area (Å²) in [5, 5.41) is 3.45. The molecule has 1 N–H and O–H groups in total. The Hall–Kier alpha value is -1.65. The van der Waals surface area contributed by atoms with Crippen LogP contribution in [0.2, 0.25) is 5.28 Å². The van der Waals surface area contributed by atoms with Crippen molar-refractivity contribution < 1.29 is 4.74 Å². The fraction of sp³-hybridized carbons (Fsp3) is 0.231. The molecule has 0 radical (unpaired) electrons. The van der Waals surface area contributed by atoms with Crippen LogP contribution in [-0.4, -0.2) is 17.1 Å². The second-order valence-corrected chi connectivity index (χ2v) is 4.27. The van der Waals surface area contributed by atoms with Crippen LogP contribution in [0.5, 0.6) is 0 Å². The van der Waals surface area contributed by atoms with Gasteiger partial charge < -0.3 is 10.1 Å². The van der Waals surface area contributed by atoms with Crippen LogP contribution in [0.3, 0.4) is 0 Å². The summed E-state index contributed by atoms with van der Waals surface area (Å²) in [6, 6.07) is 7.96. The zero-order valence-electron chi connectivity index (χ0n) is 10.3. The molecule has 0 unspecified atom stereocenters. The van der Waals surface area contributed by atoms with Gasteiger partial charge in [-0.1, -0.05) is 12.1 Å². The molecule has 2 aromatic rings. The van der Waals surface area contributed by atoms with Crippen molar-refractivity contribution in [2.24, 2.45) is 0 Å². The van der Waals surface area contributed by atoms with E-state index in [1.54, 1.807) is 13.3 Å². The second kappa shape index (κ2) is 5.80. The summed E-state index contributed by atoms with van der Waals surface area (Å²) in [4.78, 5) is 8.08. The quantitative estimate of drug-likeness (QED) is 0.860. The highest BCUT2D eigenvalue weighted by atomic mass is 35.5. The predicted octanol–water partition coefficient (Wildman–Crippen LogP) is 3.33. The molecule has 0 aliphatic heterocycles. The Morgan fingerprint density at radius 1 is 1.39 bits per heavy atom. The van der Waals surface area contributed by atoms with E-state index >= 15 is 0 Å². The van der Waals surface area contributed by atoms with E-state index < -0.39 is 0 Å². The highest BCUT2D eigenvalue weighted by Crippen LogP contribution is 2.20. The summed E-state index contributed by atoms with van der Waals surface area (Å²) >= 11 is 5.78. The first-order chi connectivity index (χ1) is 8.69. The molecular weight excluding hydrogens is 250 g/mol. The van der Waals surface area contributed by atoms with Gasteiger partial charge in [0.25, 0.3) is 0 Å². The van der Waals surface area contributed by atoms with Crippen molar-refractivity contribution in [3.8, 4) is 0 Å². The molecule has 5 heteroatoms. The lowest BCUT2D eigenvalue weighted by atomic mass is 10.2. The minimum Gasteiger partial charge on any atom is -0.380 e. The van der Waals surface area contributed by atoms with Crippen LogP contribution < -0.4 is 5.32 Å². The van der Waals surface area contributed by atoms with Gasteiger partial charge in [-0.2, -0.15) is 0 Å². The molecule has 0 bridgehead atoms. The monoisotopic (exact) mass is 263 g/mol. The fourth-order valence-corrected chi connectivity index (χ4v) is 1.72. The van der Waals surface area contributed by atoms with E-state index in [2.05, 4.69) is 15.3 Å². The van der Waals surface area contributed by atoms with Crippen LogP contribution in [-0.2, 0) is 11.3 Å². The Balaban J connectivity index is 2.22. The third-order valence-electron chi connectivity index (χ3n) is 2.44. The molecule has 1 aromatic heterocycles. The molecule has 0 saturated heterocycles. The zero-order chi connectivity index (χ0) is 13.0. The summed E-state index contributed by atoms with van der Waals surface area (Å²) in [5.74, 6) is 0.713. The molecule has 18 heavy (non-hydrogen) atoms. The highest BCUT2D eigenvalue weighted by Gasteiger charge is 2.03. The molecule has 0 aliphatic rings. The lowest BCUT2D eigenvalue weighted by Crippen LogP contribution is -1.99. The lowest BCUT2D eigenvalue weighted by Gasteiger charge is -2.09. The number of aryl methyl sites for hydroxylation is 1. The van der Waals surface area contributed by atoms with E-state index in [1.165, 1.54) is 0 Å². The fourth-order valence-electron chi connectivity index (χ4n) is 1.59. The molecule has 0 spiro atoms. The third-order valence-corrected chi connectivity index (χ3v) is 2.63. The van der Waals surface area contributed by atoms with Crippen molar-refractivity contribution in [3.05, 3.63) is 46.9 Å². The van der Waals surface area contributed by atoms with Crippen LogP contribution in [0.15, 0.2) is 30.5 Å². The van der Waals surface area contributed by atoms with Crippen molar-refractivity contribution in [2.45, 2.75) is 13.5 Å². The second-order valence-electron chi connectivity index (χ2n) is 3.93. The summed E-state index contributed by atoms with van der Waals surface area (Å²) in [7, 11) is 1.68. The van der Waals surface area contributed by atoms with Gasteiger partial charge in [-0.15, -0.1) is 0 Å². The number of rotatable bonds is 4. The average molecular weight is 264 g/mol. The Labute approximate surface area is 111 Å². The van der Waals surface area contributed by atoms with Gasteiger partial charge in [-0.3, -0.25) is 0 Å². The number of methoxy groups -OCH3 is 1. The summed E-state index contributed by atoms with van der Waals surface area (Å²) < 4.78 is 5.10. The normalized spacial score (nSPS) is 10.4. The molecular formula is C13H14ClN3O. The number of anilines is 2. The van der Waals surface area contributed by atoms with Crippen LogP contribution in [0.25, 0.3) is 0 Å². The van der Waals surface area contributed by atoms with E-state index in [4.69, 9.17) is 16.3 Å². The molecule has 1 heterocycles. The van der Waals surface area contributed by atoms with Gasteiger partial charge in [0.05, 0.1) is 6.61 Å². The molecule has 0 saturated carbocycles. The smallest absolute Gasteiger partial charge is 0.224 e. The standard InChI is InChI=1S/C13H14ClN3O/c1-9-7-15-13(14)17-12(9)16-11-5-3-4-10(6-11)8-18-2/h3-7H,8H2,1-2H3,(H,15,16,17). The van der Waals surface area contributed by atoms with Gasteiger partial charge in [0.1, 0.15) is 5.82 Å². The van der Waals surface area contributed by atoms with Crippen LogP contribution in [0.1, 0.15) is 11.1 Å². The first-order valence-electron chi connectivity index (χ1n) is 5.53. The molecule has 0 amide bonds. The number of hydrogen-bond acceptors (Lipinski definition) is 4. The predicted molar refractivity (Wildman–Crippen MR) is 72.2 cm³/mol. The van der Waals surface area contributed by atoms with Crippen LogP contribution in [0.4, 0.5) is 11.5 Å². The number of hydrogen-bond donors (Lipinski definition) is 1. The van der Waals surface area contributed by atoms with Crippen LogP contribution >= 0.6 is 11.6 Å². The van der Waals surface area contributed by atoms with Crippen molar-refractivity contribution in [3.63, 3.8) is 0 Å². The number of aromatic nitrogens is 2. The van der Waals surface area contributed by atoms with E-state index in [9.17, 15) is 0 Å². The van der Waals surface area contributed by atoms with E-state index in [0.717, 1.165) is 16.8 Å². The van der Waals surface area contributed by atoms with Gasteiger partial charge in [-0.05, 0) is 36.2 Å². The van der Waals surface area contributed by atoms with Crippen molar-refractivity contribution in [1.29, 1.82) is 0 Å². The zero-order valence-corrected chi connectivity index (χ0v) is 11.0. The third kappa shape index (κ3) is 3.18. The first-order valence-corrected chi connectivity index (χ1v) is 5.91. The van der Waals surface area contributed by atoms with Crippen LogP contribution in [0, 0.1) is 6.92 Å². The maximum absolute atomic E-state index is 5.78. The van der Waals surface area contributed by atoms with E-state index in [-0.39, 0.29) is 5.28 Å². The molecule has 1 aromatic carbocycles. The summed E-state index contributed by atoms with van der Waals surface area (Å²) in [6.07, 6.45) is 1.69. The molecule has 0 atom stereocenters. The molecule has 0 aliphatic carbocycles. The Morgan fingerprint density at radius 2 is 2.22 bits per heavy atom. The summed E-state index contributed by atoms with van der Waals surface area (Å²) in [6.45, 7) is 2.51. The first kappa shape index (κ1) is 12.8. The van der Waals surface area contributed by atoms with E-state index in [0.29, 0.717) is 12.4 Å². The minimum absolute atomic E-state index is 0.233. The Bertz CT molecular complexity index is 546. The molecule has 94 valence electrons. The maximum Gasteiger partial charge on any atom is 0.224 e. The van der Waals surface area contributed by atoms with E-state index in [1.807, 2.05) is 31.2 Å². The number of ether oxygens (including phenoxy) is 1. The van der Waals surface area contributed by atoms with Gasteiger partial charge in [0, 0.05) is 24.6 Å². The largest absolute Gasteiger partial charge is 0.380 e. The topological polar surface area (TPSA) is 47.0 Å².